The van der Waals surface area contributed by atoms with E-state index in [0.717, 1.165) is 49.1 Å². The van der Waals surface area contributed by atoms with Crippen LogP contribution in [0.5, 0.6) is 0 Å². The van der Waals surface area contributed by atoms with E-state index in [2.05, 4.69) is 5.16 Å². The third-order valence-corrected chi connectivity index (χ3v) is 4.72. The van der Waals surface area contributed by atoms with E-state index in [-0.39, 0.29) is 11.8 Å². The van der Waals surface area contributed by atoms with Crippen molar-refractivity contribution in [3.05, 3.63) is 42.2 Å². The average molecular weight is 328 g/mol. The standard InChI is InChI=1S/C19H24N2O3/c1-21(19(23)16-10-5-11-18(16)22)12-6-9-15-13-17(20-24-15)14-7-3-2-4-8-14/h2-4,7-8,13,16,18,22H,5-6,9-12H2,1H3. The van der Waals surface area contributed by atoms with Gasteiger partial charge in [0.2, 0.25) is 5.91 Å². The van der Waals surface area contributed by atoms with Crippen LogP contribution in [0.2, 0.25) is 0 Å². The lowest BCUT2D eigenvalue weighted by Crippen LogP contribution is -2.37. The Morgan fingerprint density at radius 3 is 2.83 bits per heavy atom. The summed E-state index contributed by atoms with van der Waals surface area (Å²) in [6.45, 7) is 0.656. The number of carbonyl (C=O) groups is 1. The minimum Gasteiger partial charge on any atom is -0.392 e. The van der Waals surface area contributed by atoms with Crippen LogP contribution in [0.4, 0.5) is 0 Å². The zero-order valence-electron chi connectivity index (χ0n) is 14.0. The van der Waals surface area contributed by atoms with Crippen LogP contribution in [-0.2, 0) is 11.2 Å². The van der Waals surface area contributed by atoms with Crippen molar-refractivity contribution in [1.29, 1.82) is 0 Å². The minimum atomic E-state index is -0.470. The Morgan fingerprint density at radius 2 is 2.12 bits per heavy atom. The second-order valence-corrected chi connectivity index (χ2v) is 6.51. The Balaban J connectivity index is 1.48. The number of aliphatic hydroxyl groups is 1. The highest BCUT2D eigenvalue weighted by Gasteiger charge is 2.33. The van der Waals surface area contributed by atoms with E-state index in [1.807, 2.05) is 43.4 Å². The number of hydrogen-bond acceptors (Lipinski definition) is 4. The summed E-state index contributed by atoms with van der Waals surface area (Å²) in [4.78, 5) is 14.0. The van der Waals surface area contributed by atoms with E-state index in [0.29, 0.717) is 6.54 Å². The van der Waals surface area contributed by atoms with Crippen LogP contribution in [0.1, 0.15) is 31.4 Å². The first-order chi connectivity index (χ1) is 11.6. The van der Waals surface area contributed by atoms with Crippen LogP contribution in [0.25, 0.3) is 11.3 Å². The molecule has 1 N–H and O–H groups in total. The molecule has 1 aromatic heterocycles. The number of aryl methyl sites for hydroxylation is 1. The van der Waals surface area contributed by atoms with Crippen molar-refractivity contribution >= 4 is 5.91 Å². The second kappa shape index (κ2) is 7.62. The van der Waals surface area contributed by atoms with E-state index in [9.17, 15) is 9.90 Å². The number of aliphatic hydroxyl groups excluding tert-OH is 1. The number of aromatic nitrogens is 1. The fourth-order valence-electron chi connectivity index (χ4n) is 3.29. The van der Waals surface area contributed by atoms with Gasteiger partial charge in [0.15, 0.2) is 0 Å². The molecule has 1 heterocycles. The summed E-state index contributed by atoms with van der Waals surface area (Å²) in [7, 11) is 1.81. The smallest absolute Gasteiger partial charge is 0.228 e. The van der Waals surface area contributed by atoms with Gasteiger partial charge in [0.05, 0.1) is 12.0 Å². The van der Waals surface area contributed by atoms with Crippen molar-refractivity contribution in [3.63, 3.8) is 0 Å². The Morgan fingerprint density at radius 1 is 1.33 bits per heavy atom. The highest BCUT2D eigenvalue weighted by atomic mass is 16.5. The minimum absolute atomic E-state index is 0.0579. The van der Waals surface area contributed by atoms with Crippen molar-refractivity contribution in [3.8, 4) is 11.3 Å². The molecule has 0 spiro atoms. The normalized spacial score (nSPS) is 20.2. The van der Waals surface area contributed by atoms with Crippen molar-refractivity contribution in [2.45, 2.75) is 38.2 Å². The number of hydrogen-bond donors (Lipinski definition) is 1. The molecule has 0 aliphatic heterocycles. The maximum Gasteiger partial charge on any atom is 0.228 e. The van der Waals surface area contributed by atoms with Gasteiger partial charge >= 0.3 is 0 Å². The van der Waals surface area contributed by atoms with Crippen LogP contribution in [-0.4, -0.2) is 40.8 Å². The summed E-state index contributed by atoms with van der Waals surface area (Å²) in [6, 6.07) is 11.9. The zero-order chi connectivity index (χ0) is 16.9. The summed E-state index contributed by atoms with van der Waals surface area (Å²) in [6.07, 6.45) is 3.56. The van der Waals surface area contributed by atoms with Gasteiger partial charge in [-0.05, 0) is 25.7 Å². The summed E-state index contributed by atoms with van der Waals surface area (Å²) >= 11 is 0. The Bertz CT molecular complexity index is 668. The molecule has 1 amide bonds. The predicted octanol–water partition coefficient (Wildman–Crippen LogP) is 2.89. The van der Waals surface area contributed by atoms with Gasteiger partial charge in [0, 0.05) is 31.6 Å². The monoisotopic (exact) mass is 328 g/mol. The van der Waals surface area contributed by atoms with Gasteiger partial charge in [0.25, 0.3) is 0 Å². The molecule has 128 valence electrons. The number of amides is 1. The van der Waals surface area contributed by atoms with Gasteiger partial charge in [-0.15, -0.1) is 0 Å². The molecule has 1 fully saturated rings. The SMILES string of the molecule is CN(CCCc1cc(-c2ccccc2)no1)C(=O)C1CCCC1O. The van der Waals surface area contributed by atoms with Crippen LogP contribution in [0.15, 0.2) is 40.9 Å². The molecule has 1 aromatic carbocycles. The molecule has 24 heavy (non-hydrogen) atoms. The first-order valence-electron chi connectivity index (χ1n) is 8.59. The lowest BCUT2D eigenvalue weighted by Gasteiger charge is -2.22. The van der Waals surface area contributed by atoms with Gasteiger partial charge < -0.3 is 14.5 Å². The van der Waals surface area contributed by atoms with E-state index in [1.54, 1.807) is 4.90 Å². The molecule has 0 saturated heterocycles. The topological polar surface area (TPSA) is 66.6 Å². The molecule has 1 saturated carbocycles. The number of benzene rings is 1. The highest BCUT2D eigenvalue weighted by molar-refractivity contribution is 5.79. The van der Waals surface area contributed by atoms with Gasteiger partial charge in [-0.2, -0.15) is 0 Å². The van der Waals surface area contributed by atoms with E-state index in [1.165, 1.54) is 0 Å². The lowest BCUT2D eigenvalue weighted by atomic mass is 10.0. The molecule has 0 bridgehead atoms. The van der Waals surface area contributed by atoms with Gasteiger partial charge in [0.1, 0.15) is 11.5 Å². The number of nitrogens with zero attached hydrogens (tertiary/aromatic N) is 2. The summed E-state index contributed by atoms with van der Waals surface area (Å²) in [5.41, 5.74) is 1.87. The molecule has 1 aliphatic rings. The molecular formula is C19H24N2O3. The van der Waals surface area contributed by atoms with Crippen molar-refractivity contribution < 1.29 is 14.4 Å². The third kappa shape index (κ3) is 3.85. The van der Waals surface area contributed by atoms with E-state index >= 15 is 0 Å². The summed E-state index contributed by atoms with van der Waals surface area (Å²) in [5, 5.41) is 14.0. The fourth-order valence-corrected chi connectivity index (χ4v) is 3.29. The molecule has 0 radical (unpaired) electrons. The average Bonchev–Trinajstić information content (AvgIpc) is 3.24. The Labute approximate surface area is 142 Å². The predicted molar refractivity (Wildman–Crippen MR) is 91.2 cm³/mol. The van der Waals surface area contributed by atoms with Crippen molar-refractivity contribution in [1.82, 2.24) is 10.1 Å². The highest BCUT2D eigenvalue weighted by Crippen LogP contribution is 2.27. The molecule has 2 atom stereocenters. The first-order valence-corrected chi connectivity index (χ1v) is 8.59. The number of carbonyl (C=O) groups excluding carboxylic acids is 1. The maximum absolute atomic E-state index is 12.3. The molecule has 5 heteroatoms. The van der Waals surface area contributed by atoms with Crippen LogP contribution in [0, 0.1) is 5.92 Å². The van der Waals surface area contributed by atoms with Gasteiger partial charge in [-0.3, -0.25) is 4.79 Å². The maximum atomic E-state index is 12.3. The molecule has 3 rings (SSSR count). The van der Waals surface area contributed by atoms with Gasteiger partial charge in [-0.25, -0.2) is 0 Å². The third-order valence-electron chi connectivity index (χ3n) is 4.72. The summed E-state index contributed by atoms with van der Waals surface area (Å²) < 4.78 is 5.38. The second-order valence-electron chi connectivity index (χ2n) is 6.51. The van der Waals surface area contributed by atoms with E-state index in [4.69, 9.17) is 4.52 Å². The lowest BCUT2D eigenvalue weighted by molar-refractivity contribution is -0.136. The van der Waals surface area contributed by atoms with Crippen LogP contribution in [0.3, 0.4) is 0 Å². The van der Waals surface area contributed by atoms with Gasteiger partial charge in [-0.1, -0.05) is 35.5 Å². The molecule has 1 aliphatic carbocycles. The Kier molecular flexibility index (Phi) is 5.30. The molecule has 2 aromatic rings. The van der Waals surface area contributed by atoms with Crippen molar-refractivity contribution in [2.24, 2.45) is 5.92 Å². The molecule has 5 nitrogen and oxygen atoms in total. The van der Waals surface area contributed by atoms with E-state index < -0.39 is 6.10 Å². The van der Waals surface area contributed by atoms with Crippen molar-refractivity contribution in [2.75, 3.05) is 13.6 Å². The fraction of sp³-hybridized carbons (Fsp3) is 0.474. The largest absolute Gasteiger partial charge is 0.392 e. The van der Waals surface area contributed by atoms with Crippen LogP contribution < -0.4 is 0 Å². The first kappa shape index (κ1) is 16.7. The molecule has 2 unspecified atom stereocenters. The summed E-state index contributed by atoms with van der Waals surface area (Å²) in [5.74, 6) is 0.670. The Hall–Kier alpha value is -2.14. The number of rotatable bonds is 6. The molecular weight excluding hydrogens is 304 g/mol. The van der Waals surface area contributed by atoms with Crippen LogP contribution >= 0.6 is 0 Å². The quantitative estimate of drug-likeness (QED) is 0.885. The zero-order valence-corrected chi connectivity index (χ0v) is 14.0.